The largest absolute Gasteiger partial charge is 0.507 e. The summed E-state index contributed by atoms with van der Waals surface area (Å²) in [6.07, 6.45) is 2.17. The number of rotatable bonds is 5. The van der Waals surface area contributed by atoms with Gasteiger partial charge < -0.3 is 19.2 Å². The minimum atomic E-state index is -0.730. The van der Waals surface area contributed by atoms with E-state index in [4.69, 9.17) is 9.15 Å². The number of aryl methyl sites for hydroxylation is 1. The topological polar surface area (TPSA) is 80.0 Å². The third-order valence-corrected chi connectivity index (χ3v) is 4.51. The molecule has 0 aliphatic carbocycles. The minimum absolute atomic E-state index is 0.0478. The van der Waals surface area contributed by atoms with Crippen LogP contribution in [-0.4, -0.2) is 35.4 Å². The fraction of sp³-hybridized carbons (Fsp3) is 0.300. The monoisotopic (exact) mass is 355 g/mol. The van der Waals surface area contributed by atoms with Crippen molar-refractivity contribution in [2.45, 2.75) is 26.3 Å². The van der Waals surface area contributed by atoms with Gasteiger partial charge in [0.2, 0.25) is 0 Å². The smallest absolute Gasteiger partial charge is 0.295 e. The van der Waals surface area contributed by atoms with Gasteiger partial charge in [0.1, 0.15) is 23.3 Å². The Labute approximate surface area is 151 Å². The molecule has 6 nitrogen and oxygen atoms in total. The van der Waals surface area contributed by atoms with Crippen molar-refractivity contribution in [3.05, 3.63) is 59.1 Å². The Bertz CT molecular complexity index is 866. The van der Waals surface area contributed by atoms with Gasteiger partial charge in [-0.2, -0.15) is 0 Å². The van der Waals surface area contributed by atoms with Crippen LogP contribution in [0.2, 0.25) is 0 Å². The molecule has 26 heavy (non-hydrogen) atoms. The second-order valence-corrected chi connectivity index (χ2v) is 6.19. The number of ether oxygens (including phenoxy) is 1. The maximum Gasteiger partial charge on any atom is 0.295 e. The van der Waals surface area contributed by atoms with Crippen LogP contribution in [0, 0.1) is 6.92 Å². The molecule has 0 saturated carbocycles. The molecule has 1 aromatic carbocycles. The number of methoxy groups -OCH3 is 1. The summed E-state index contributed by atoms with van der Waals surface area (Å²) in [5.74, 6) is -0.435. The molecule has 6 heteroatoms. The zero-order chi connectivity index (χ0) is 18.8. The summed E-state index contributed by atoms with van der Waals surface area (Å²) in [5, 5.41) is 10.9. The Balaban J connectivity index is 2.17. The molecular weight excluding hydrogens is 334 g/mol. The predicted octanol–water partition coefficient (Wildman–Crippen LogP) is 3.43. The van der Waals surface area contributed by atoms with E-state index in [9.17, 15) is 14.7 Å². The zero-order valence-corrected chi connectivity index (χ0v) is 15.0. The number of aliphatic hydroxyl groups is 1. The van der Waals surface area contributed by atoms with Crippen LogP contribution in [0.4, 0.5) is 0 Å². The van der Waals surface area contributed by atoms with Gasteiger partial charge in [-0.05, 0) is 49.2 Å². The maximum atomic E-state index is 12.7. The highest BCUT2D eigenvalue weighted by molar-refractivity contribution is 6.46. The third kappa shape index (κ3) is 2.87. The fourth-order valence-electron chi connectivity index (χ4n) is 3.27. The first-order chi connectivity index (χ1) is 12.5. The second-order valence-electron chi connectivity index (χ2n) is 6.19. The van der Waals surface area contributed by atoms with Crippen molar-refractivity contribution in [2.75, 3.05) is 13.7 Å². The third-order valence-electron chi connectivity index (χ3n) is 4.51. The van der Waals surface area contributed by atoms with E-state index in [1.807, 2.05) is 13.8 Å². The lowest BCUT2D eigenvalue weighted by molar-refractivity contribution is -0.140. The number of hydrogen-bond acceptors (Lipinski definition) is 5. The van der Waals surface area contributed by atoms with Crippen LogP contribution in [0.5, 0.6) is 5.75 Å². The highest BCUT2D eigenvalue weighted by atomic mass is 16.5. The van der Waals surface area contributed by atoms with Gasteiger partial charge in [-0.3, -0.25) is 9.59 Å². The lowest BCUT2D eigenvalue weighted by Crippen LogP contribution is -2.30. The van der Waals surface area contributed by atoms with Crippen LogP contribution in [0.15, 0.2) is 46.6 Å². The average Bonchev–Trinajstić information content (AvgIpc) is 3.24. The van der Waals surface area contributed by atoms with E-state index in [1.54, 1.807) is 37.4 Å². The molecule has 1 saturated heterocycles. The van der Waals surface area contributed by atoms with Gasteiger partial charge in [-0.25, -0.2) is 0 Å². The van der Waals surface area contributed by atoms with Crippen molar-refractivity contribution in [1.29, 1.82) is 0 Å². The van der Waals surface area contributed by atoms with E-state index < -0.39 is 17.7 Å². The molecule has 0 bridgehead atoms. The van der Waals surface area contributed by atoms with Crippen LogP contribution in [0.1, 0.15) is 36.3 Å². The van der Waals surface area contributed by atoms with Crippen molar-refractivity contribution in [3.63, 3.8) is 0 Å². The summed E-state index contributed by atoms with van der Waals surface area (Å²) >= 11 is 0. The molecular formula is C20H21NO5. The number of nitrogens with zero attached hydrogens (tertiary/aromatic N) is 1. The summed E-state index contributed by atoms with van der Waals surface area (Å²) < 4.78 is 10.6. The number of benzene rings is 1. The summed E-state index contributed by atoms with van der Waals surface area (Å²) in [5.41, 5.74) is 1.27. The minimum Gasteiger partial charge on any atom is -0.507 e. The second kappa shape index (κ2) is 7.07. The maximum absolute atomic E-state index is 12.7. The molecule has 2 aromatic rings. The van der Waals surface area contributed by atoms with Crippen LogP contribution >= 0.6 is 0 Å². The number of carbonyl (C=O) groups excluding carboxylic acids is 2. The summed E-state index contributed by atoms with van der Waals surface area (Å²) in [7, 11) is 1.56. The molecule has 0 radical (unpaired) electrons. The standard InChI is InChI=1S/C20H21NO5/c1-4-9-21-17(15-6-5-10-26-15)16(19(23)20(21)24)18(22)14-8-7-13(25-3)11-12(14)2/h5-8,10-11,17,22H,4,9H2,1-3H3/b18-16-. The van der Waals surface area contributed by atoms with Gasteiger partial charge in [-0.15, -0.1) is 0 Å². The van der Waals surface area contributed by atoms with E-state index >= 15 is 0 Å². The normalized spacial score (nSPS) is 19.2. The highest BCUT2D eigenvalue weighted by Crippen LogP contribution is 2.40. The van der Waals surface area contributed by atoms with Gasteiger partial charge >= 0.3 is 0 Å². The van der Waals surface area contributed by atoms with E-state index in [-0.39, 0.29) is 11.3 Å². The number of carbonyl (C=O) groups is 2. The molecule has 136 valence electrons. The molecule has 0 spiro atoms. The molecule has 1 N–H and O–H groups in total. The van der Waals surface area contributed by atoms with E-state index in [0.717, 1.165) is 5.56 Å². The Morgan fingerprint density at radius 1 is 1.31 bits per heavy atom. The van der Waals surface area contributed by atoms with Crippen molar-refractivity contribution < 1.29 is 23.8 Å². The van der Waals surface area contributed by atoms with Crippen LogP contribution in [-0.2, 0) is 9.59 Å². The molecule has 1 aromatic heterocycles. The highest BCUT2D eigenvalue weighted by Gasteiger charge is 2.47. The SMILES string of the molecule is CCCN1C(=O)C(=O)/C(=C(\O)c2ccc(OC)cc2C)C1c1ccco1. The molecule has 1 aliphatic rings. The molecule has 1 aliphatic heterocycles. The molecule has 1 fully saturated rings. The zero-order valence-electron chi connectivity index (χ0n) is 15.0. The quantitative estimate of drug-likeness (QED) is 0.505. The van der Waals surface area contributed by atoms with Gasteiger partial charge in [0.15, 0.2) is 0 Å². The molecule has 1 amide bonds. The number of aliphatic hydroxyl groups excluding tert-OH is 1. The first kappa shape index (κ1) is 17.8. The number of hydrogen-bond donors (Lipinski definition) is 1. The molecule has 1 unspecified atom stereocenters. The van der Waals surface area contributed by atoms with Crippen molar-refractivity contribution in [2.24, 2.45) is 0 Å². The Hall–Kier alpha value is -3.02. The lowest BCUT2D eigenvalue weighted by Gasteiger charge is -2.22. The van der Waals surface area contributed by atoms with Crippen LogP contribution < -0.4 is 4.74 Å². The summed E-state index contributed by atoms with van der Waals surface area (Å²) in [6, 6.07) is 7.81. The Morgan fingerprint density at radius 2 is 2.08 bits per heavy atom. The summed E-state index contributed by atoms with van der Waals surface area (Å²) in [6.45, 7) is 4.13. The van der Waals surface area contributed by atoms with Crippen LogP contribution in [0.25, 0.3) is 5.76 Å². The Morgan fingerprint density at radius 3 is 2.65 bits per heavy atom. The molecule has 1 atom stereocenters. The van der Waals surface area contributed by atoms with Crippen molar-refractivity contribution in [3.8, 4) is 5.75 Å². The molecule has 2 heterocycles. The summed E-state index contributed by atoms with van der Waals surface area (Å²) in [4.78, 5) is 26.6. The van der Waals surface area contributed by atoms with Crippen molar-refractivity contribution in [1.82, 2.24) is 4.90 Å². The van der Waals surface area contributed by atoms with Gasteiger partial charge in [0, 0.05) is 12.1 Å². The predicted molar refractivity (Wildman–Crippen MR) is 95.7 cm³/mol. The van der Waals surface area contributed by atoms with Gasteiger partial charge in [0.25, 0.3) is 11.7 Å². The lowest BCUT2D eigenvalue weighted by atomic mass is 9.97. The van der Waals surface area contributed by atoms with E-state index in [1.165, 1.54) is 11.2 Å². The number of Topliss-reactive ketones (excluding diaryl/α,β-unsaturated/α-hetero) is 1. The van der Waals surface area contributed by atoms with E-state index in [2.05, 4.69) is 0 Å². The van der Waals surface area contributed by atoms with Gasteiger partial charge in [0.05, 0.1) is 18.9 Å². The first-order valence-electron chi connectivity index (χ1n) is 8.46. The number of likely N-dealkylation sites (tertiary alicyclic amines) is 1. The van der Waals surface area contributed by atoms with Crippen LogP contribution in [0.3, 0.4) is 0 Å². The average molecular weight is 355 g/mol. The van der Waals surface area contributed by atoms with Gasteiger partial charge in [-0.1, -0.05) is 6.92 Å². The number of amides is 1. The van der Waals surface area contributed by atoms with E-state index in [0.29, 0.717) is 30.0 Å². The van der Waals surface area contributed by atoms with Crippen molar-refractivity contribution >= 4 is 17.4 Å². The first-order valence-corrected chi connectivity index (χ1v) is 8.46. The number of furan rings is 1. The Kier molecular flexibility index (Phi) is 4.84. The fourth-order valence-corrected chi connectivity index (χ4v) is 3.27. The molecule has 3 rings (SSSR count). The number of ketones is 1.